The summed E-state index contributed by atoms with van der Waals surface area (Å²) in [6.45, 7) is 9.18. The second kappa shape index (κ2) is 5.49. The molecule has 0 aromatic rings. The van der Waals surface area contributed by atoms with Crippen molar-refractivity contribution in [3.63, 3.8) is 0 Å². The highest BCUT2D eigenvalue weighted by Crippen LogP contribution is 2.12. The molecule has 1 saturated heterocycles. The number of carbonyl (C=O) groups excluding carboxylic acids is 2. The maximum atomic E-state index is 12.1. The van der Waals surface area contributed by atoms with Crippen molar-refractivity contribution < 1.29 is 9.59 Å². The smallest absolute Gasteiger partial charge is 0.239 e. The minimum absolute atomic E-state index is 0.00458. The lowest BCUT2D eigenvalue weighted by Crippen LogP contribution is -2.58. The fourth-order valence-corrected chi connectivity index (χ4v) is 2.12. The first-order valence-corrected chi connectivity index (χ1v) is 6.16. The van der Waals surface area contributed by atoms with E-state index in [0.29, 0.717) is 19.6 Å². The van der Waals surface area contributed by atoms with Crippen LogP contribution in [0, 0.1) is 5.92 Å². The molecular weight excluding hydrogens is 218 g/mol. The van der Waals surface area contributed by atoms with E-state index in [0.717, 1.165) is 0 Å². The molecule has 0 bridgehead atoms. The zero-order valence-electron chi connectivity index (χ0n) is 11.1. The number of nitrogens with two attached hydrogens (primary N) is 1. The lowest BCUT2D eigenvalue weighted by atomic mass is 10.0. The highest BCUT2D eigenvalue weighted by Gasteiger charge is 2.31. The molecule has 1 rings (SSSR count). The minimum atomic E-state index is -0.439. The Morgan fingerprint density at radius 1 is 1.29 bits per heavy atom. The molecule has 1 aliphatic rings. The molecule has 0 unspecified atom stereocenters. The van der Waals surface area contributed by atoms with Crippen LogP contribution < -0.4 is 5.73 Å². The van der Waals surface area contributed by atoms with E-state index in [9.17, 15) is 9.59 Å². The molecule has 0 saturated carbocycles. The van der Waals surface area contributed by atoms with Gasteiger partial charge in [0.05, 0.1) is 6.04 Å². The standard InChI is InChI=1S/C12H23N3O2/c1-8(2)11(13)12(17)14-5-6-15(10(4)16)9(3)7-14/h8-9,11H,5-7,13H2,1-4H3/t9-,11+/m1/s1. The Kier molecular flexibility index (Phi) is 4.51. The van der Waals surface area contributed by atoms with Gasteiger partial charge in [-0.25, -0.2) is 0 Å². The van der Waals surface area contributed by atoms with Gasteiger partial charge in [-0.15, -0.1) is 0 Å². The molecule has 0 aromatic heterocycles. The Labute approximate surface area is 103 Å². The van der Waals surface area contributed by atoms with E-state index in [4.69, 9.17) is 5.73 Å². The first kappa shape index (κ1) is 14.0. The van der Waals surface area contributed by atoms with Crippen molar-refractivity contribution >= 4 is 11.8 Å². The summed E-state index contributed by atoms with van der Waals surface area (Å²) in [4.78, 5) is 27.0. The monoisotopic (exact) mass is 241 g/mol. The minimum Gasteiger partial charge on any atom is -0.338 e. The van der Waals surface area contributed by atoms with Crippen LogP contribution in [0.25, 0.3) is 0 Å². The van der Waals surface area contributed by atoms with Crippen LogP contribution in [0.1, 0.15) is 27.7 Å². The molecule has 17 heavy (non-hydrogen) atoms. The number of piperazine rings is 1. The average molecular weight is 241 g/mol. The summed E-state index contributed by atoms with van der Waals surface area (Å²) in [5, 5.41) is 0. The summed E-state index contributed by atoms with van der Waals surface area (Å²) in [5.41, 5.74) is 5.86. The molecule has 5 nitrogen and oxygen atoms in total. The molecule has 0 aromatic carbocycles. The lowest BCUT2D eigenvalue weighted by molar-refractivity contribution is -0.142. The predicted octanol–water partition coefficient (Wildman–Crippen LogP) is 0.0489. The van der Waals surface area contributed by atoms with Crippen molar-refractivity contribution in [1.82, 2.24) is 9.80 Å². The SMILES string of the molecule is CC(=O)N1CCN(C(=O)[C@@H](N)C(C)C)C[C@H]1C. The number of hydrogen-bond acceptors (Lipinski definition) is 3. The summed E-state index contributed by atoms with van der Waals surface area (Å²) in [6.07, 6.45) is 0. The van der Waals surface area contributed by atoms with Gasteiger partial charge in [-0.3, -0.25) is 9.59 Å². The Bertz CT molecular complexity index is 304. The first-order valence-electron chi connectivity index (χ1n) is 6.16. The van der Waals surface area contributed by atoms with Gasteiger partial charge in [-0.1, -0.05) is 13.8 Å². The summed E-state index contributed by atoms with van der Waals surface area (Å²) < 4.78 is 0. The van der Waals surface area contributed by atoms with Gasteiger partial charge >= 0.3 is 0 Å². The van der Waals surface area contributed by atoms with E-state index in [-0.39, 0.29) is 23.8 Å². The summed E-state index contributed by atoms with van der Waals surface area (Å²) >= 11 is 0. The lowest BCUT2D eigenvalue weighted by Gasteiger charge is -2.40. The molecule has 2 N–H and O–H groups in total. The van der Waals surface area contributed by atoms with E-state index in [1.54, 1.807) is 16.7 Å². The molecular formula is C12H23N3O2. The van der Waals surface area contributed by atoms with E-state index >= 15 is 0 Å². The Balaban J connectivity index is 2.61. The fraction of sp³-hybridized carbons (Fsp3) is 0.833. The Hall–Kier alpha value is -1.10. The highest BCUT2D eigenvalue weighted by atomic mass is 16.2. The average Bonchev–Trinajstić information content (AvgIpc) is 2.26. The van der Waals surface area contributed by atoms with Gasteiger partial charge in [0.1, 0.15) is 0 Å². The van der Waals surface area contributed by atoms with E-state index in [1.165, 1.54) is 0 Å². The van der Waals surface area contributed by atoms with Gasteiger partial charge in [0, 0.05) is 32.6 Å². The largest absolute Gasteiger partial charge is 0.338 e. The van der Waals surface area contributed by atoms with Crippen molar-refractivity contribution in [2.45, 2.75) is 39.8 Å². The third-order valence-corrected chi connectivity index (χ3v) is 3.35. The summed E-state index contributed by atoms with van der Waals surface area (Å²) in [7, 11) is 0. The Morgan fingerprint density at radius 2 is 1.88 bits per heavy atom. The number of nitrogens with zero attached hydrogens (tertiary/aromatic N) is 2. The zero-order valence-corrected chi connectivity index (χ0v) is 11.1. The predicted molar refractivity (Wildman–Crippen MR) is 66.2 cm³/mol. The van der Waals surface area contributed by atoms with Crippen LogP contribution in [-0.2, 0) is 9.59 Å². The van der Waals surface area contributed by atoms with Crippen LogP contribution in [0.15, 0.2) is 0 Å². The van der Waals surface area contributed by atoms with Crippen LogP contribution >= 0.6 is 0 Å². The molecule has 0 radical (unpaired) electrons. The normalized spacial score (nSPS) is 22.8. The molecule has 2 atom stereocenters. The quantitative estimate of drug-likeness (QED) is 0.743. The van der Waals surface area contributed by atoms with Crippen molar-refractivity contribution in [3.05, 3.63) is 0 Å². The molecule has 0 spiro atoms. The second-order valence-corrected chi connectivity index (χ2v) is 5.12. The van der Waals surface area contributed by atoms with Gasteiger partial charge in [-0.05, 0) is 12.8 Å². The van der Waals surface area contributed by atoms with Gasteiger partial charge in [0.2, 0.25) is 11.8 Å². The van der Waals surface area contributed by atoms with E-state index in [2.05, 4.69) is 0 Å². The van der Waals surface area contributed by atoms with Crippen molar-refractivity contribution in [2.24, 2.45) is 11.7 Å². The topological polar surface area (TPSA) is 66.6 Å². The maximum Gasteiger partial charge on any atom is 0.239 e. The van der Waals surface area contributed by atoms with Crippen molar-refractivity contribution in [2.75, 3.05) is 19.6 Å². The van der Waals surface area contributed by atoms with Crippen LogP contribution in [-0.4, -0.2) is 53.3 Å². The number of rotatable bonds is 2. The van der Waals surface area contributed by atoms with Gasteiger partial charge in [-0.2, -0.15) is 0 Å². The van der Waals surface area contributed by atoms with Gasteiger partial charge < -0.3 is 15.5 Å². The Morgan fingerprint density at radius 3 is 2.29 bits per heavy atom. The molecule has 5 heteroatoms. The van der Waals surface area contributed by atoms with Gasteiger partial charge in [0.15, 0.2) is 0 Å². The first-order chi connectivity index (χ1) is 7.84. The van der Waals surface area contributed by atoms with Crippen molar-refractivity contribution in [3.8, 4) is 0 Å². The van der Waals surface area contributed by atoms with E-state index in [1.807, 2.05) is 20.8 Å². The third kappa shape index (κ3) is 3.19. The third-order valence-electron chi connectivity index (χ3n) is 3.35. The van der Waals surface area contributed by atoms with Crippen LogP contribution in [0.3, 0.4) is 0 Å². The molecule has 2 amide bonds. The van der Waals surface area contributed by atoms with E-state index < -0.39 is 6.04 Å². The number of amides is 2. The molecule has 1 aliphatic heterocycles. The highest BCUT2D eigenvalue weighted by molar-refractivity contribution is 5.82. The molecule has 98 valence electrons. The number of hydrogen-bond donors (Lipinski definition) is 1. The molecule has 1 fully saturated rings. The second-order valence-electron chi connectivity index (χ2n) is 5.12. The van der Waals surface area contributed by atoms with Crippen LogP contribution in [0.2, 0.25) is 0 Å². The van der Waals surface area contributed by atoms with Crippen LogP contribution in [0.5, 0.6) is 0 Å². The summed E-state index contributed by atoms with van der Waals surface area (Å²) in [6, 6.07) is -0.365. The number of carbonyl (C=O) groups is 2. The van der Waals surface area contributed by atoms with Crippen molar-refractivity contribution in [1.29, 1.82) is 0 Å². The van der Waals surface area contributed by atoms with Crippen LogP contribution in [0.4, 0.5) is 0 Å². The van der Waals surface area contributed by atoms with Gasteiger partial charge in [0.25, 0.3) is 0 Å². The maximum absolute atomic E-state index is 12.1. The summed E-state index contributed by atoms with van der Waals surface area (Å²) in [5.74, 6) is 0.205. The fourth-order valence-electron chi connectivity index (χ4n) is 2.12. The molecule has 1 heterocycles. The zero-order chi connectivity index (χ0) is 13.2. The molecule has 0 aliphatic carbocycles.